The molecule has 0 unspecified atom stereocenters. The molecule has 0 fully saturated rings. The monoisotopic (exact) mass is 308 g/mol. The lowest BCUT2D eigenvalue weighted by atomic mass is 10.2. The molecule has 2 heterocycles. The van der Waals surface area contributed by atoms with Gasteiger partial charge in [-0.3, -0.25) is 5.41 Å². The first-order chi connectivity index (χ1) is 11.0. The molecular formula is C19H24N4. The summed E-state index contributed by atoms with van der Waals surface area (Å²) in [5.74, 6) is 0.496. The largest absolute Gasteiger partial charge is 0.325 e. The van der Waals surface area contributed by atoms with Crippen LogP contribution < -0.4 is 5.49 Å². The highest BCUT2D eigenvalue weighted by molar-refractivity contribution is 5.80. The maximum absolute atomic E-state index is 8.57. The first-order valence-electron chi connectivity index (χ1n) is 8.12. The van der Waals surface area contributed by atoms with E-state index in [0.717, 1.165) is 29.7 Å². The standard InChI is InChI=1S/C19H24N4/c1-13(2)10-22-12-21-19-17(18(22)20)14(3)15(4)23(19)11-16-8-6-5-7-9-16/h5-9,12-13,20H,10-11H2,1-4H3. The highest BCUT2D eigenvalue weighted by Gasteiger charge is 2.15. The molecule has 0 aliphatic rings. The first kappa shape index (κ1) is 15.5. The maximum atomic E-state index is 8.57. The molecule has 3 rings (SSSR count). The van der Waals surface area contributed by atoms with Gasteiger partial charge in [0.15, 0.2) is 0 Å². The zero-order valence-corrected chi connectivity index (χ0v) is 14.3. The topological polar surface area (TPSA) is 46.6 Å². The van der Waals surface area contributed by atoms with E-state index < -0.39 is 0 Å². The van der Waals surface area contributed by atoms with E-state index in [4.69, 9.17) is 5.41 Å². The lowest BCUT2D eigenvalue weighted by Gasteiger charge is -2.11. The fraction of sp³-hybridized carbons (Fsp3) is 0.368. The molecule has 0 amide bonds. The average molecular weight is 308 g/mol. The predicted octanol–water partition coefficient (Wildman–Crippen LogP) is 3.64. The molecule has 0 spiro atoms. The number of aromatic nitrogens is 3. The molecule has 0 bridgehead atoms. The number of nitrogens with one attached hydrogen (secondary N) is 1. The zero-order valence-electron chi connectivity index (χ0n) is 14.3. The summed E-state index contributed by atoms with van der Waals surface area (Å²) in [6.45, 7) is 10.1. The van der Waals surface area contributed by atoms with Crippen LogP contribution in [-0.2, 0) is 13.1 Å². The summed E-state index contributed by atoms with van der Waals surface area (Å²) in [4.78, 5) is 4.68. The fourth-order valence-corrected chi connectivity index (χ4v) is 3.08. The van der Waals surface area contributed by atoms with Crippen LogP contribution in [0.3, 0.4) is 0 Å². The maximum Gasteiger partial charge on any atom is 0.146 e. The van der Waals surface area contributed by atoms with Crippen LogP contribution >= 0.6 is 0 Å². The third-order valence-corrected chi connectivity index (χ3v) is 4.39. The number of rotatable bonds is 4. The quantitative estimate of drug-likeness (QED) is 0.786. The van der Waals surface area contributed by atoms with Crippen molar-refractivity contribution in [1.29, 1.82) is 5.41 Å². The van der Waals surface area contributed by atoms with Crippen molar-refractivity contribution in [3.63, 3.8) is 0 Å². The summed E-state index contributed by atoms with van der Waals surface area (Å²) in [6, 6.07) is 10.4. The number of nitrogens with zero attached hydrogens (tertiary/aromatic N) is 3. The highest BCUT2D eigenvalue weighted by atomic mass is 15.1. The minimum atomic E-state index is 0.496. The smallest absolute Gasteiger partial charge is 0.146 e. The normalized spacial score (nSPS) is 11.5. The van der Waals surface area contributed by atoms with Crippen LogP contribution in [0, 0.1) is 25.2 Å². The number of hydrogen-bond acceptors (Lipinski definition) is 2. The van der Waals surface area contributed by atoms with Crippen LogP contribution in [0.5, 0.6) is 0 Å². The van der Waals surface area contributed by atoms with Gasteiger partial charge < -0.3 is 9.13 Å². The van der Waals surface area contributed by atoms with E-state index in [-0.39, 0.29) is 0 Å². The van der Waals surface area contributed by atoms with E-state index in [1.807, 2.05) is 17.0 Å². The summed E-state index contributed by atoms with van der Waals surface area (Å²) in [7, 11) is 0. The molecule has 0 aliphatic heterocycles. The van der Waals surface area contributed by atoms with E-state index in [1.54, 1.807) is 0 Å². The highest BCUT2D eigenvalue weighted by Crippen LogP contribution is 2.22. The van der Waals surface area contributed by atoms with Gasteiger partial charge >= 0.3 is 0 Å². The zero-order chi connectivity index (χ0) is 16.6. The van der Waals surface area contributed by atoms with Crippen LogP contribution in [0.4, 0.5) is 0 Å². The van der Waals surface area contributed by atoms with E-state index in [0.29, 0.717) is 11.4 Å². The van der Waals surface area contributed by atoms with Crippen molar-refractivity contribution < 1.29 is 0 Å². The molecule has 2 aromatic heterocycles. The molecule has 0 saturated carbocycles. The Morgan fingerprint density at radius 2 is 1.83 bits per heavy atom. The van der Waals surface area contributed by atoms with E-state index in [1.165, 1.54) is 11.3 Å². The average Bonchev–Trinajstić information content (AvgIpc) is 2.76. The molecule has 0 saturated heterocycles. The van der Waals surface area contributed by atoms with Crippen molar-refractivity contribution in [3.8, 4) is 0 Å². The van der Waals surface area contributed by atoms with E-state index in [2.05, 4.69) is 61.5 Å². The van der Waals surface area contributed by atoms with Gasteiger partial charge in [0.2, 0.25) is 0 Å². The second kappa shape index (κ2) is 6.03. The Balaban J connectivity index is 2.15. The SMILES string of the molecule is Cc1c(C)n(Cc2ccccc2)c2ncn(CC(C)C)c(=N)c12. The lowest BCUT2D eigenvalue weighted by molar-refractivity contribution is 0.501. The van der Waals surface area contributed by atoms with Gasteiger partial charge in [0.1, 0.15) is 11.1 Å². The molecule has 120 valence electrons. The second-order valence-corrected chi connectivity index (χ2v) is 6.62. The summed E-state index contributed by atoms with van der Waals surface area (Å²) < 4.78 is 4.17. The van der Waals surface area contributed by atoms with Crippen molar-refractivity contribution >= 4 is 11.0 Å². The minimum Gasteiger partial charge on any atom is -0.325 e. The third kappa shape index (κ3) is 2.81. The van der Waals surface area contributed by atoms with Gasteiger partial charge in [-0.15, -0.1) is 0 Å². The number of fused-ring (bicyclic) bond motifs is 1. The predicted molar refractivity (Wildman–Crippen MR) is 93.4 cm³/mol. The molecule has 4 heteroatoms. The van der Waals surface area contributed by atoms with Crippen molar-refractivity contribution in [2.75, 3.05) is 0 Å². The van der Waals surface area contributed by atoms with Gasteiger partial charge in [0.25, 0.3) is 0 Å². The number of aryl methyl sites for hydroxylation is 1. The molecule has 3 aromatic rings. The van der Waals surface area contributed by atoms with Crippen LogP contribution in [0.25, 0.3) is 11.0 Å². The molecule has 23 heavy (non-hydrogen) atoms. The van der Waals surface area contributed by atoms with E-state index >= 15 is 0 Å². The fourth-order valence-electron chi connectivity index (χ4n) is 3.08. The third-order valence-electron chi connectivity index (χ3n) is 4.39. The molecule has 0 radical (unpaired) electrons. The van der Waals surface area contributed by atoms with Gasteiger partial charge in [-0.2, -0.15) is 0 Å². The lowest BCUT2D eigenvalue weighted by Crippen LogP contribution is -2.23. The molecule has 1 aromatic carbocycles. The molecule has 1 N–H and O–H groups in total. The Morgan fingerprint density at radius 1 is 1.13 bits per heavy atom. The van der Waals surface area contributed by atoms with Crippen LogP contribution in [0.1, 0.15) is 30.7 Å². The van der Waals surface area contributed by atoms with Crippen molar-refractivity contribution in [2.24, 2.45) is 5.92 Å². The first-order valence-corrected chi connectivity index (χ1v) is 8.12. The Kier molecular flexibility index (Phi) is 4.07. The molecular weight excluding hydrogens is 284 g/mol. The van der Waals surface area contributed by atoms with E-state index in [9.17, 15) is 0 Å². The van der Waals surface area contributed by atoms with Gasteiger partial charge in [-0.05, 0) is 30.9 Å². The summed E-state index contributed by atoms with van der Waals surface area (Å²) >= 11 is 0. The number of benzene rings is 1. The van der Waals surface area contributed by atoms with Crippen LogP contribution in [0.15, 0.2) is 36.7 Å². The number of hydrogen-bond donors (Lipinski definition) is 1. The Morgan fingerprint density at radius 3 is 2.48 bits per heavy atom. The Hall–Kier alpha value is -2.36. The van der Waals surface area contributed by atoms with Crippen LogP contribution in [-0.4, -0.2) is 14.1 Å². The summed E-state index contributed by atoms with van der Waals surface area (Å²) in [6.07, 6.45) is 1.81. The molecule has 4 nitrogen and oxygen atoms in total. The van der Waals surface area contributed by atoms with Crippen LogP contribution in [0.2, 0.25) is 0 Å². The summed E-state index contributed by atoms with van der Waals surface area (Å²) in [5.41, 5.74) is 5.07. The van der Waals surface area contributed by atoms with Crippen molar-refractivity contribution in [2.45, 2.75) is 40.8 Å². The van der Waals surface area contributed by atoms with Gasteiger partial charge in [0.05, 0.1) is 11.7 Å². The van der Waals surface area contributed by atoms with Gasteiger partial charge in [-0.25, -0.2) is 4.98 Å². The van der Waals surface area contributed by atoms with Gasteiger partial charge in [0, 0.05) is 18.8 Å². The summed E-state index contributed by atoms with van der Waals surface area (Å²) in [5, 5.41) is 9.55. The minimum absolute atomic E-state index is 0.496. The molecule has 0 atom stereocenters. The Labute approximate surface area is 136 Å². The van der Waals surface area contributed by atoms with Crippen molar-refractivity contribution in [1.82, 2.24) is 14.1 Å². The van der Waals surface area contributed by atoms with Crippen molar-refractivity contribution in [3.05, 3.63) is 59.0 Å². The Bertz CT molecular complexity index is 885. The molecule has 0 aliphatic carbocycles. The second-order valence-electron chi connectivity index (χ2n) is 6.62. The van der Waals surface area contributed by atoms with Gasteiger partial charge in [-0.1, -0.05) is 44.2 Å².